The number of hydrogen-bond donors (Lipinski definition) is 0. The van der Waals surface area contributed by atoms with Crippen molar-refractivity contribution in [1.29, 1.82) is 0 Å². The van der Waals surface area contributed by atoms with E-state index in [0.29, 0.717) is 73.3 Å². The third-order valence-electron chi connectivity index (χ3n) is 7.32. The number of amides is 2. The molecule has 4 rings (SSSR count). The Balaban J connectivity index is 1.46. The van der Waals surface area contributed by atoms with E-state index in [9.17, 15) is 9.59 Å². The van der Waals surface area contributed by atoms with Crippen LogP contribution in [0.1, 0.15) is 35.2 Å². The van der Waals surface area contributed by atoms with Gasteiger partial charge in [-0.3, -0.25) is 9.59 Å². The second-order valence-electron chi connectivity index (χ2n) is 10.0. The van der Waals surface area contributed by atoms with E-state index in [4.69, 9.17) is 25.8 Å². The average molecular weight is 551 g/mol. The van der Waals surface area contributed by atoms with Crippen molar-refractivity contribution in [3.63, 3.8) is 0 Å². The summed E-state index contributed by atoms with van der Waals surface area (Å²) in [5.41, 5.74) is 1.21. The Morgan fingerprint density at radius 1 is 0.923 bits per heavy atom. The van der Waals surface area contributed by atoms with Gasteiger partial charge in [-0.15, -0.1) is 0 Å². The molecule has 1 saturated heterocycles. The summed E-state index contributed by atoms with van der Waals surface area (Å²) in [6.07, 6.45) is 1.62. The maximum atomic E-state index is 13.4. The fourth-order valence-electron chi connectivity index (χ4n) is 4.88. The number of rotatable bonds is 10. The highest BCUT2D eigenvalue weighted by molar-refractivity contribution is 6.30. The summed E-state index contributed by atoms with van der Waals surface area (Å²) in [7, 11) is 4.95. The fourth-order valence-corrected chi connectivity index (χ4v) is 5.00. The largest absolute Gasteiger partial charge is 0.493 e. The van der Waals surface area contributed by atoms with Crippen LogP contribution in [0.2, 0.25) is 5.02 Å². The molecular formula is C31H35ClN2O5. The third kappa shape index (κ3) is 7.24. The van der Waals surface area contributed by atoms with E-state index in [0.717, 1.165) is 5.56 Å². The second kappa shape index (κ2) is 12.9. The number of likely N-dealkylation sites (tertiary alicyclic amines) is 1. The number of methoxy groups -OCH3 is 2. The lowest BCUT2D eigenvalue weighted by Gasteiger charge is -2.42. The van der Waals surface area contributed by atoms with Crippen molar-refractivity contribution < 1.29 is 23.8 Å². The monoisotopic (exact) mass is 550 g/mol. The van der Waals surface area contributed by atoms with Gasteiger partial charge in [0, 0.05) is 49.1 Å². The number of hydrogen-bond acceptors (Lipinski definition) is 5. The van der Waals surface area contributed by atoms with Gasteiger partial charge >= 0.3 is 0 Å². The normalized spacial score (nSPS) is 14.4. The molecule has 0 N–H and O–H groups in total. The number of nitrogens with zero attached hydrogens (tertiary/aromatic N) is 2. The summed E-state index contributed by atoms with van der Waals surface area (Å²) < 4.78 is 16.9. The molecular weight excluding hydrogens is 516 g/mol. The van der Waals surface area contributed by atoms with Crippen molar-refractivity contribution in [2.75, 3.05) is 41.0 Å². The predicted octanol–water partition coefficient (Wildman–Crippen LogP) is 5.71. The standard InChI is InChI=1S/C31H35ClN2O5/c1-33(21-23-7-5-4-6-8-23)29(35)20-31(22-39-26-12-10-25(32)11-13-26)15-17-34(18-16-31)30(36)24-9-14-27(37-2)28(19-24)38-3/h4-14,19H,15-18,20-22H2,1-3H3. The highest BCUT2D eigenvalue weighted by atomic mass is 35.5. The molecule has 0 spiro atoms. The van der Waals surface area contributed by atoms with Gasteiger partial charge in [0.2, 0.25) is 5.91 Å². The number of ether oxygens (including phenoxy) is 3. The molecule has 1 aliphatic heterocycles. The maximum Gasteiger partial charge on any atom is 0.253 e. The van der Waals surface area contributed by atoms with E-state index >= 15 is 0 Å². The Labute approximate surface area is 235 Å². The van der Waals surface area contributed by atoms with Crippen molar-refractivity contribution in [2.24, 2.45) is 5.41 Å². The Bertz CT molecular complexity index is 1260. The highest BCUT2D eigenvalue weighted by Gasteiger charge is 2.39. The maximum absolute atomic E-state index is 13.4. The molecule has 0 atom stereocenters. The van der Waals surface area contributed by atoms with Crippen LogP contribution in [0.4, 0.5) is 0 Å². The lowest BCUT2D eigenvalue weighted by atomic mass is 9.75. The zero-order valence-corrected chi connectivity index (χ0v) is 23.4. The fraction of sp³-hybridized carbons (Fsp3) is 0.355. The van der Waals surface area contributed by atoms with Crippen LogP contribution in [0.3, 0.4) is 0 Å². The van der Waals surface area contributed by atoms with Gasteiger partial charge in [-0.2, -0.15) is 0 Å². The molecule has 0 radical (unpaired) electrons. The molecule has 0 bridgehead atoms. The Hall–Kier alpha value is -3.71. The first kappa shape index (κ1) is 28.3. The summed E-state index contributed by atoms with van der Waals surface area (Å²) >= 11 is 6.03. The third-order valence-corrected chi connectivity index (χ3v) is 7.57. The Morgan fingerprint density at radius 2 is 1.59 bits per heavy atom. The minimum atomic E-state index is -0.407. The van der Waals surface area contributed by atoms with Gasteiger partial charge in [-0.05, 0) is 60.9 Å². The van der Waals surface area contributed by atoms with Crippen molar-refractivity contribution in [1.82, 2.24) is 9.80 Å². The van der Waals surface area contributed by atoms with Gasteiger partial charge in [0.15, 0.2) is 11.5 Å². The first-order chi connectivity index (χ1) is 18.8. The molecule has 3 aromatic rings. The molecule has 0 saturated carbocycles. The van der Waals surface area contributed by atoms with Gasteiger partial charge in [0.1, 0.15) is 5.75 Å². The molecule has 206 valence electrons. The highest BCUT2D eigenvalue weighted by Crippen LogP contribution is 2.38. The lowest BCUT2D eigenvalue weighted by molar-refractivity contribution is -0.134. The van der Waals surface area contributed by atoms with Gasteiger partial charge in [0.05, 0.1) is 20.8 Å². The van der Waals surface area contributed by atoms with Crippen LogP contribution < -0.4 is 14.2 Å². The van der Waals surface area contributed by atoms with E-state index in [1.165, 1.54) is 0 Å². The SMILES string of the molecule is COc1ccc(C(=O)N2CCC(COc3ccc(Cl)cc3)(CC(=O)N(C)Cc3ccccc3)CC2)cc1OC. The zero-order valence-electron chi connectivity index (χ0n) is 22.7. The number of halogens is 1. The van der Waals surface area contributed by atoms with Crippen LogP contribution >= 0.6 is 11.6 Å². The van der Waals surface area contributed by atoms with E-state index in [1.807, 2.05) is 54.4 Å². The molecule has 0 unspecified atom stereocenters. The van der Waals surface area contributed by atoms with Gasteiger partial charge in [-0.1, -0.05) is 41.9 Å². The van der Waals surface area contributed by atoms with E-state index in [1.54, 1.807) is 49.5 Å². The van der Waals surface area contributed by atoms with Crippen LogP contribution in [-0.2, 0) is 11.3 Å². The van der Waals surface area contributed by atoms with Crippen LogP contribution in [-0.4, -0.2) is 62.6 Å². The van der Waals surface area contributed by atoms with Crippen molar-refractivity contribution in [3.8, 4) is 17.2 Å². The minimum absolute atomic E-state index is 0.0539. The molecule has 0 aromatic heterocycles. The summed E-state index contributed by atoms with van der Waals surface area (Å²) in [5.74, 6) is 1.77. The van der Waals surface area contributed by atoms with E-state index in [2.05, 4.69) is 0 Å². The van der Waals surface area contributed by atoms with Crippen LogP contribution in [0.15, 0.2) is 72.8 Å². The Morgan fingerprint density at radius 3 is 2.23 bits per heavy atom. The first-order valence-corrected chi connectivity index (χ1v) is 13.4. The van der Waals surface area contributed by atoms with Gasteiger partial charge < -0.3 is 24.0 Å². The average Bonchev–Trinajstić information content (AvgIpc) is 2.97. The van der Waals surface area contributed by atoms with Gasteiger partial charge in [-0.25, -0.2) is 0 Å². The quantitative estimate of drug-likeness (QED) is 0.323. The van der Waals surface area contributed by atoms with Crippen LogP contribution in [0.5, 0.6) is 17.2 Å². The second-order valence-corrected chi connectivity index (χ2v) is 10.5. The van der Waals surface area contributed by atoms with Crippen molar-refractivity contribution in [3.05, 3.63) is 88.9 Å². The number of benzene rings is 3. The molecule has 8 heteroatoms. The molecule has 1 fully saturated rings. The molecule has 1 aliphatic rings. The minimum Gasteiger partial charge on any atom is -0.493 e. The molecule has 2 amide bonds. The van der Waals surface area contributed by atoms with E-state index < -0.39 is 5.41 Å². The molecule has 0 aliphatic carbocycles. The number of piperidine rings is 1. The number of carbonyl (C=O) groups excluding carboxylic acids is 2. The summed E-state index contributed by atoms with van der Waals surface area (Å²) in [4.78, 5) is 30.3. The molecule has 3 aromatic carbocycles. The van der Waals surface area contributed by atoms with Crippen molar-refractivity contribution >= 4 is 23.4 Å². The number of carbonyl (C=O) groups is 2. The summed E-state index contributed by atoms with van der Waals surface area (Å²) in [6, 6.07) is 22.4. The molecule has 39 heavy (non-hydrogen) atoms. The summed E-state index contributed by atoms with van der Waals surface area (Å²) in [5, 5.41) is 0.636. The van der Waals surface area contributed by atoms with Crippen molar-refractivity contribution in [2.45, 2.75) is 25.8 Å². The smallest absolute Gasteiger partial charge is 0.253 e. The predicted molar refractivity (Wildman–Crippen MR) is 152 cm³/mol. The van der Waals surface area contributed by atoms with Gasteiger partial charge in [0.25, 0.3) is 5.91 Å². The first-order valence-electron chi connectivity index (χ1n) is 13.0. The van der Waals surface area contributed by atoms with E-state index in [-0.39, 0.29) is 11.8 Å². The zero-order chi connectivity index (χ0) is 27.8. The Kier molecular flexibility index (Phi) is 9.36. The molecule has 1 heterocycles. The molecule has 7 nitrogen and oxygen atoms in total. The topological polar surface area (TPSA) is 68.3 Å². The van der Waals surface area contributed by atoms with Crippen LogP contribution in [0.25, 0.3) is 0 Å². The lowest BCUT2D eigenvalue weighted by Crippen LogP contribution is -2.47. The van der Waals surface area contributed by atoms with Crippen LogP contribution in [0, 0.1) is 5.41 Å². The summed E-state index contributed by atoms with van der Waals surface area (Å²) in [6.45, 7) is 1.95.